The topological polar surface area (TPSA) is 50.4 Å². The van der Waals surface area contributed by atoms with Crippen molar-refractivity contribution >= 4 is 11.7 Å². The van der Waals surface area contributed by atoms with E-state index in [1.807, 2.05) is 24.3 Å². The van der Waals surface area contributed by atoms with Gasteiger partial charge in [-0.25, -0.2) is 4.79 Å². The van der Waals surface area contributed by atoms with Crippen LogP contribution in [0.15, 0.2) is 24.3 Å². The zero-order valence-corrected chi connectivity index (χ0v) is 12.0. The molecule has 0 aliphatic heterocycles. The average molecular weight is 264 g/mol. The first-order valence-corrected chi connectivity index (χ1v) is 6.91. The maximum absolute atomic E-state index is 12.0. The van der Waals surface area contributed by atoms with Gasteiger partial charge in [0, 0.05) is 6.04 Å². The number of anilines is 1. The molecule has 19 heavy (non-hydrogen) atoms. The van der Waals surface area contributed by atoms with Crippen LogP contribution in [0.4, 0.5) is 10.5 Å². The van der Waals surface area contributed by atoms with Gasteiger partial charge in [-0.15, -0.1) is 0 Å². The zero-order valence-electron chi connectivity index (χ0n) is 12.0. The minimum atomic E-state index is -0.170. The normalized spacial score (nSPS) is 10.3. The van der Waals surface area contributed by atoms with Crippen molar-refractivity contribution in [3.63, 3.8) is 0 Å². The van der Waals surface area contributed by atoms with Crippen LogP contribution < -0.4 is 15.4 Å². The van der Waals surface area contributed by atoms with Crippen LogP contribution in [0.5, 0.6) is 5.75 Å². The van der Waals surface area contributed by atoms with Crippen molar-refractivity contribution in [2.24, 2.45) is 0 Å². The second kappa shape index (κ2) is 8.40. The summed E-state index contributed by atoms with van der Waals surface area (Å²) in [6.45, 7) is 4.25. The van der Waals surface area contributed by atoms with E-state index in [2.05, 4.69) is 24.5 Å². The van der Waals surface area contributed by atoms with E-state index in [0.29, 0.717) is 11.4 Å². The molecule has 1 rings (SSSR count). The lowest BCUT2D eigenvalue weighted by molar-refractivity contribution is 0.246. The highest BCUT2D eigenvalue weighted by Crippen LogP contribution is 2.22. The summed E-state index contributed by atoms with van der Waals surface area (Å²) < 4.78 is 5.20. The van der Waals surface area contributed by atoms with Crippen LogP contribution in [-0.4, -0.2) is 19.2 Å². The van der Waals surface area contributed by atoms with Gasteiger partial charge in [0.05, 0.1) is 12.8 Å². The van der Waals surface area contributed by atoms with E-state index in [4.69, 9.17) is 4.74 Å². The molecule has 0 fully saturated rings. The summed E-state index contributed by atoms with van der Waals surface area (Å²) >= 11 is 0. The van der Waals surface area contributed by atoms with Crippen molar-refractivity contribution < 1.29 is 9.53 Å². The van der Waals surface area contributed by atoms with Crippen LogP contribution in [0.25, 0.3) is 0 Å². The fourth-order valence-electron chi connectivity index (χ4n) is 2.08. The summed E-state index contributed by atoms with van der Waals surface area (Å²) in [5.74, 6) is 0.667. The molecule has 1 aromatic carbocycles. The van der Waals surface area contributed by atoms with Crippen LogP contribution >= 0.6 is 0 Å². The van der Waals surface area contributed by atoms with Gasteiger partial charge in [0.1, 0.15) is 5.75 Å². The highest BCUT2D eigenvalue weighted by atomic mass is 16.5. The number of carbonyl (C=O) groups excluding carboxylic acids is 1. The second-order valence-corrected chi connectivity index (χ2v) is 4.57. The highest BCUT2D eigenvalue weighted by Gasteiger charge is 2.12. The molecule has 2 N–H and O–H groups in total. The number of urea groups is 1. The summed E-state index contributed by atoms with van der Waals surface area (Å²) in [6.07, 6.45) is 4.15. The molecule has 0 unspecified atom stereocenters. The van der Waals surface area contributed by atoms with Crippen molar-refractivity contribution in [3.8, 4) is 5.75 Å². The predicted octanol–water partition coefficient (Wildman–Crippen LogP) is 3.79. The first kappa shape index (κ1) is 15.3. The van der Waals surface area contributed by atoms with Crippen LogP contribution in [0.2, 0.25) is 0 Å². The lowest BCUT2D eigenvalue weighted by atomic mass is 10.1. The first-order chi connectivity index (χ1) is 9.21. The lowest BCUT2D eigenvalue weighted by Crippen LogP contribution is -2.37. The van der Waals surface area contributed by atoms with Gasteiger partial charge in [-0.3, -0.25) is 0 Å². The SMILES string of the molecule is CCCC(CCC)NC(=O)Nc1ccccc1OC. The van der Waals surface area contributed by atoms with Gasteiger partial charge in [0.25, 0.3) is 0 Å². The molecule has 0 saturated carbocycles. The maximum Gasteiger partial charge on any atom is 0.319 e. The Morgan fingerprint density at radius 3 is 2.42 bits per heavy atom. The number of ether oxygens (including phenoxy) is 1. The number of para-hydroxylation sites is 2. The van der Waals surface area contributed by atoms with Crippen molar-refractivity contribution in [1.82, 2.24) is 5.32 Å². The smallest absolute Gasteiger partial charge is 0.319 e. The third-order valence-electron chi connectivity index (χ3n) is 2.96. The van der Waals surface area contributed by atoms with Gasteiger partial charge in [-0.1, -0.05) is 38.8 Å². The molecule has 0 spiro atoms. The van der Waals surface area contributed by atoms with Gasteiger partial charge < -0.3 is 15.4 Å². The monoisotopic (exact) mass is 264 g/mol. The fourth-order valence-corrected chi connectivity index (χ4v) is 2.08. The summed E-state index contributed by atoms with van der Waals surface area (Å²) in [6, 6.07) is 7.46. The zero-order chi connectivity index (χ0) is 14.1. The Balaban J connectivity index is 2.58. The van der Waals surface area contributed by atoms with Crippen molar-refractivity contribution in [3.05, 3.63) is 24.3 Å². The van der Waals surface area contributed by atoms with E-state index in [0.717, 1.165) is 25.7 Å². The Morgan fingerprint density at radius 1 is 1.21 bits per heavy atom. The Morgan fingerprint density at radius 2 is 1.84 bits per heavy atom. The average Bonchev–Trinajstić information content (AvgIpc) is 2.40. The molecule has 0 radical (unpaired) electrons. The Labute approximate surface area is 115 Å². The molecule has 4 nitrogen and oxygen atoms in total. The number of hydrogen-bond acceptors (Lipinski definition) is 2. The van der Waals surface area contributed by atoms with E-state index < -0.39 is 0 Å². The van der Waals surface area contributed by atoms with Gasteiger partial charge in [0.2, 0.25) is 0 Å². The quantitative estimate of drug-likeness (QED) is 0.787. The van der Waals surface area contributed by atoms with Crippen LogP contribution in [-0.2, 0) is 0 Å². The summed E-state index contributed by atoms with van der Waals surface area (Å²) in [7, 11) is 1.59. The van der Waals surface area contributed by atoms with Gasteiger partial charge in [-0.2, -0.15) is 0 Å². The number of nitrogens with one attached hydrogen (secondary N) is 2. The van der Waals surface area contributed by atoms with E-state index in [9.17, 15) is 4.79 Å². The molecular formula is C15H24N2O2. The standard InChI is InChI=1S/C15H24N2O2/c1-4-8-12(9-5-2)16-15(18)17-13-10-6-7-11-14(13)19-3/h6-7,10-12H,4-5,8-9H2,1-3H3,(H2,16,17,18). The Kier molecular flexibility index (Phi) is 6.79. The molecule has 0 bridgehead atoms. The minimum Gasteiger partial charge on any atom is -0.495 e. The van der Waals surface area contributed by atoms with Crippen molar-refractivity contribution in [2.75, 3.05) is 12.4 Å². The number of hydrogen-bond donors (Lipinski definition) is 2. The number of amides is 2. The maximum atomic E-state index is 12.0. The summed E-state index contributed by atoms with van der Waals surface area (Å²) in [5.41, 5.74) is 0.689. The van der Waals surface area contributed by atoms with Gasteiger partial charge >= 0.3 is 6.03 Å². The molecule has 1 aromatic rings. The molecule has 0 heterocycles. The van der Waals surface area contributed by atoms with Crippen LogP contribution in [0.1, 0.15) is 39.5 Å². The van der Waals surface area contributed by atoms with Crippen molar-refractivity contribution in [1.29, 1.82) is 0 Å². The van der Waals surface area contributed by atoms with Gasteiger partial charge in [-0.05, 0) is 25.0 Å². The fraction of sp³-hybridized carbons (Fsp3) is 0.533. The molecule has 2 amide bonds. The van der Waals surface area contributed by atoms with Gasteiger partial charge in [0.15, 0.2) is 0 Å². The summed E-state index contributed by atoms with van der Waals surface area (Å²) in [5, 5.41) is 5.85. The molecular weight excluding hydrogens is 240 g/mol. The first-order valence-electron chi connectivity index (χ1n) is 6.91. The largest absolute Gasteiger partial charge is 0.495 e. The van der Waals surface area contributed by atoms with Crippen LogP contribution in [0, 0.1) is 0 Å². The Hall–Kier alpha value is -1.71. The summed E-state index contributed by atoms with van der Waals surface area (Å²) in [4.78, 5) is 12.0. The molecule has 4 heteroatoms. The number of benzene rings is 1. The number of methoxy groups -OCH3 is 1. The van der Waals surface area contributed by atoms with E-state index in [1.54, 1.807) is 7.11 Å². The molecule has 0 aliphatic carbocycles. The molecule has 0 saturated heterocycles. The number of carbonyl (C=O) groups is 1. The lowest BCUT2D eigenvalue weighted by Gasteiger charge is -2.18. The third kappa shape index (κ3) is 5.20. The Bertz CT molecular complexity index is 387. The predicted molar refractivity (Wildman–Crippen MR) is 78.8 cm³/mol. The van der Waals surface area contributed by atoms with E-state index in [-0.39, 0.29) is 12.1 Å². The van der Waals surface area contributed by atoms with Crippen LogP contribution in [0.3, 0.4) is 0 Å². The minimum absolute atomic E-state index is 0.170. The van der Waals surface area contributed by atoms with E-state index >= 15 is 0 Å². The molecule has 0 aromatic heterocycles. The third-order valence-corrected chi connectivity index (χ3v) is 2.96. The highest BCUT2D eigenvalue weighted by molar-refractivity contribution is 5.91. The molecule has 0 atom stereocenters. The molecule has 106 valence electrons. The van der Waals surface area contributed by atoms with E-state index in [1.165, 1.54) is 0 Å². The second-order valence-electron chi connectivity index (χ2n) is 4.57. The van der Waals surface area contributed by atoms with Crippen molar-refractivity contribution in [2.45, 2.75) is 45.6 Å². The number of rotatable bonds is 7. The molecule has 0 aliphatic rings.